The van der Waals surface area contributed by atoms with E-state index in [0.29, 0.717) is 43.5 Å². The Morgan fingerprint density at radius 2 is 1.79 bits per heavy atom. The van der Waals surface area contributed by atoms with Crippen molar-refractivity contribution in [2.45, 2.75) is 13.5 Å². The van der Waals surface area contributed by atoms with Crippen LogP contribution in [0.25, 0.3) is 0 Å². The summed E-state index contributed by atoms with van der Waals surface area (Å²) < 4.78 is 29.1. The topological polar surface area (TPSA) is 95.5 Å². The van der Waals surface area contributed by atoms with E-state index in [0.717, 1.165) is 11.5 Å². The van der Waals surface area contributed by atoms with Gasteiger partial charge in [0.1, 0.15) is 11.6 Å². The van der Waals surface area contributed by atoms with E-state index < -0.39 is 6.61 Å². The summed E-state index contributed by atoms with van der Waals surface area (Å²) in [6.45, 7) is 1.13. The molecule has 9 nitrogen and oxygen atoms in total. The van der Waals surface area contributed by atoms with Gasteiger partial charge in [-0.05, 0) is 43.3 Å². The molecular formula is C22H23F2N7O2. The summed E-state index contributed by atoms with van der Waals surface area (Å²) in [5.41, 5.74) is 1.29. The minimum absolute atomic E-state index is 0.0117. The molecule has 3 heterocycles. The van der Waals surface area contributed by atoms with Gasteiger partial charge in [-0.1, -0.05) is 12.1 Å². The summed E-state index contributed by atoms with van der Waals surface area (Å²) >= 11 is 0. The van der Waals surface area contributed by atoms with Gasteiger partial charge in [-0.2, -0.15) is 8.78 Å². The number of pyridine rings is 1. The third-order valence-corrected chi connectivity index (χ3v) is 5.00. The second kappa shape index (κ2) is 10.1. The van der Waals surface area contributed by atoms with Crippen molar-refractivity contribution in [1.29, 1.82) is 0 Å². The number of urea groups is 1. The number of carbonyl (C=O) groups excluding carboxylic acids is 1. The Labute approximate surface area is 189 Å². The Morgan fingerprint density at radius 1 is 1.00 bits per heavy atom. The number of ether oxygens (including phenoxy) is 1. The lowest BCUT2D eigenvalue weighted by Crippen LogP contribution is -2.50. The van der Waals surface area contributed by atoms with Crippen LogP contribution in [0, 0.1) is 6.92 Å². The molecule has 3 aromatic rings. The lowest BCUT2D eigenvalue weighted by molar-refractivity contribution is -0.0498. The normalized spacial score (nSPS) is 13.7. The summed E-state index contributed by atoms with van der Waals surface area (Å²) in [7, 11) is 0. The molecule has 4 rings (SSSR count). The van der Waals surface area contributed by atoms with Crippen LogP contribution < -0.4 is 20.3 Å². The van der Waals surface area contributed by atoms with Gasteiger partial charge in [0.15, 0.2) is 11.6 Å². The Morgan fingerprint density at radius 3 is 2.48 bits per heavy atom. The van der Waals surface area contributed by atoms with E-state index in [-0.39, 0.29) is 11.8 Å². The molecule has 0 unspecified atom stereocenters. The predicted molar refractivity (Wildman–Crippen MR) is 120 cm³/mol. The van der Waals surface area contributed by atoms with E-state index >= 15 is 0 Å². The first-order chi connectivity index (χ1) is 16.0. The third kappa shape index (κ3) is 6.03. The number of carbonyl (C=O) groups is 1. The molecule has 172 valence electrons. The number of aryl methyl sites for hydroxylation is 1. The summed E-state index contributed by atoms with van der Waals surface area (Å²) in [4.78, 5) is 20.6. The fraction of sp³-hybridized carbons (Fsp3) is 0.273. The van der Waals surface area contributed by atoms with Gasteiger partial charge in [0.25, 0.3) is 0 Å². The van der Waals surface area contributed by atoms with E-state index in [9.17, 15) is 13.6 Å². The number of nitrogens with one attached hydrogen (secondary N) is 2. The zero-order valence-corrected chi connectivity index (χ0v) is 17.9. The van der Waals surface area contributed by atoms with Crippen molar-refractivity contribution in [3.8, 4) is 5.75 Å². The molecule has 0 bridgehead atoms. The van der Waals surface area contributed by atoms with Crippen LogP contribution in [0.3, 0.4) is 0 Å². The average molecular weight is 455 g/mol. The SMILES string of the molecule is Cc1cccc(Nc2ccc(N3CCN(C(=O)Nc4cccc(OC(F)F)c4)CC3)nn2)n1. The number of hydrogen-bond acceptors (Lipinski definition) is 7. The van der Waals surface area contributed by atoms with Crippen molar-refractivity contribution in [1.82, 2.24) is 20.1 Å². The van der Waals surface area contributed by atoms with E-state index in [2.05, 4.69) is 30.6 Å². The highest BCUT2D eigenvalue weighted by Gasteiger charge is 2.22. The number of anilines is 4. The van der Waals surface area contributed by atoms with Crippen LogP contribution in [-0.2, 0) is 0 Å². The number of piperazine rings is 1. The van der Waals surface area contributed by atoms with Crippen LogP contribution in [0.2, 0.25) is 0 Å². The van der Waals surface area contributed by atoms with Crippen molar-refractivity contribution >= 4 is 29.2 Å². The molecule has 1 fully saturated rings. The molecule has 2 aromatic heterocycles. The Bertz CT molecular complexity index is 1090. The van der Waals surface area contributed by atoms with Crippen LogP contribution >= 0.6 is 0 Å². The first-order valence-corrected chi connectivity index (χ1v) is 10.4. The fourth-order valence-electron chi connectivity index (χ4n) is 3.40. The van der Waals surface area contributed by atoms with Crippen molar-refractivity contribution in [2.24, 2.45) is 0 Å². The quantitative estimate of drug-likeness (QED) is 0.582. The first-order valence-electron chi connectivity index (χ1n) is 10.4. The van der Waals surface area contributed by atoms with E-state index in [1.165, 1.54) is 18.2 Å². The molecule has 2 N–H and O–H groups in total. The number of amides is 2. The summed E-state index contributed by atoms with van der Waals surface area (Å²) in [6.07, 6.45) is 0. The fourth-order valence-corrected chi connectivity index (χ4v) is 3.40. The molecule has 1 saturated heterocycles. The molecule has 1 aliphatic rings. The number of alkyl halides is 2. The van der Waals surface area contributed by atoms with Crippen LogP contribution in [0.4, 0.5) is 36.7 Å². The molecule has 1 aliphatic heterocycles. The minimum atomic E-state index is -2.92. The summed E-state index contributed by atoms with van der Waals surface area (Å²) in [5.74, 6) is 1.99. The molecule has 1 aromatic carbocycles. The maximum Gasteiger partial charge on any atom is 0.387 e. The van der Waals surface area contributed by atoms with Crippen LogP contribution in [-0.4, -0.2) is 58.9 Å². The lowest BCUT2D eigenvalue weighted by atomic mass is 10.3. The van der Waals surface area contributed by atoms with Crippen LogP contribution in [0.15, 0.2) is 54.6 Å². The van der Waals surface area contributed by atoms with E-state index in [1.807, 2.05) is 42.2 Å². The number of benzene rings is 1. The van der Waals surface area contributed by atoms with Crippen LogP contribution in [0.1, 0.15) is 5.69 Å². The second-order valence-electron chi connectivity index (χ2n) is 7.38. The molecular weight excluding hydrogens is 432 g/mol. The Hall–Kier alpha value is -4.02. The smallest absolute Gasteiger partial charge is 0.387 e. The molecule has 2 amide bonds. The van der Waals surface area contributed by atoms with Gasteiger partial charge in [-0.25, -0.2) is 9.78 Å². The van der Waals surface area contributed by atoms with Crippen molar-refractivity contribution in [3.05, 3.63) is 60.3 Å². The lowest BCUT2D eigenvalue weighted by Gasteiger charge is -2.35. The number of hydrogen-bond donors (Lipinski definition) is 2. The van der Waals surface area contributed by atoms with Crippen LogP contribution in [0.5, 0.6) is 5.75 Å². The standard InChI is InChI=1S/C22H23F2N7O2/c1-15-4-2-7-18(25-15)27-19-8-9-20(29-28-19)30-10-12-31(13-11-30)22(32)26-16-5-3-6-17(14-16)33-21(23)24/h2-9,14,21H,10-13H2,1H3,(H,26,32)(H,25,27,28). The number of halogens is 2. The van der Waals surface area contributed by atoms with Crippen molar-refractivity contribution < 1.29 is 18.3 Å². The van der Waals surface area contributed by atoms with Crippen molar-refractivity contribution in [3.63, 3.8) is 0 Å². The highest BCUT2D eigenvalue weighted by molar-refractivity contribution is 5.89. The maximum atomic E-state index is 12.6. The van der Waals surface area contributed by atoms with Gasteiger partial charge in [0.2, 0.25) is 0 Å². The Balaban J connectivity index is 1.29. The van der Waals surface area contributed by atoms with Crippen molar-refractivity contribution in [2.75, 3.05) is 41.7 Å². The third-order valence-electron chi connectivity index (χ3n) is 5.00. The minimum Gasteiger partial charge on any atom is -0.435 e. The molecule has 33 heavy (non-hydrogen) atoms. The zero-order valence-electron chi connectivity index (χ0n) is 17.9. The van der Waals surface area contributed by atoms with E-state index in [4.69, 9.17) is 0 Å². The molecule has 0 radical (unpaired) electrons. The monoisotopic (exact) mass is 455 g/mol. The summed E-state index contributed by atoms with van der Waals surface area (Å²) in [5, 5.41) is 14.3. The number of nitrogens with zero attached hydrogens (tertiary/aromatic N) is 5. The summed E-state index contributed by atoms with van der Waals surface area (Å²) in [6, 6.07) is 15.0. The maximum absolute atomic E-state index is 12.6. The number of rotatable bonds is 6. The molecule has 0 aliphatic carbocycles. The molecule has 0 spiro atoms. The molecule has 0 atom stereocenters. The molecule has 0 saturated carbocycles. The Kier molecular flexibility index (Phi) is 6.77. The number of aromatic nitrogens is 3. The highest BCUT2D eigenvalue weighted by Crippen LogP contribution is 2.21. The highest BCUT2D eigenvalue weighted by atomic mass is 19.3. The van der Waals surface area contributed by atoms with Gasteiger partial charge >= 0.3 is 12.6 Å². The molecule has 11 heteroatoms. The van der Waals surface area contributed by atoms with Gasteiger partial charge < -0.3 is 25.2 Å². The first kappa shape index (κ1) is 22.2. The van der Waals surface area contributed by atoms with E-state index in [1.54, 1.807) is 11.0 Å². The largest absolute Gasteiger partial charge is 0.435 e. The average Bonchev–Trinajstić information content (AvgIpc) is 2.79. The van der Waals surface area contributed by atoms with Gasteiger partial charge in [0, 0.05) is 43.6 Å². The van der Waals surface area contributed by atoms with Gasteiger partial charge in [-0.3, -0.25) is 0 Å². The predicted octanol–water partition coefficient (Wildman–Crippen LogP) is 3.88. The van der Waals surface area contributed by atoms with Gasteiger partial charge in [-0.15, -0.1) is 10.2 Å². The zero-order chi connectivity index (χ0) is 23.2. The second-order valence-corrected chi connectivity index (χ2v) is 7.38. The van der Waals surface area contributed by atoms with Gasteiger partial charge in [0.05, 0.1) is 0 Å².